The van der Waals surface area contributed by atoms with Crippen LogP contribution in [0.1, 0.15) is 11.1 Å². The lowest BCUT2D eigenvalue weighted by Gasteiger charge is -1.95. The van der Waals surface area contributed by atoms with E-state index >= 15 is 0 Å². The molecule has 6 heteroatoms. The monoisotopic (exact) mass is 295 g/mol. The Kier molecular flexibility index (Phi) is 5.15. The van der Waals surface area contributed by atoms with E-state index in [0.717, 1.165) is 5.56 Å². The van der Waals surface area contributed by atoms with Gasteiger partial charge >= 0.3 is 0 Å². The molecule has 2 aromatic carbocycles. The molecule has 110 valence electrons. The topological polar surface area (TPSA) is 84.6 Å². The number of nitro groups is 1. The van der Waals surface area contributed by atoms with Gasteiger partial charge in [0.15, 0.2) is 0 Å². The molecule has 0 aliphatic rings. The first-order chi connectivity index (χ1) is 10.6. The van der Waals surface area contributed by atoms with Crippen molar-refractivity contribution in [2.75, 3.05) is 0 Å². The van der Waals surface area contributed by atoms with Crippen LogP contribution in [0.5, 0.6) is 0 Å². The number of carbonyl (C=O) groups is 1. The van der Waals surface area contributed by atoms with Crippen LogP contribution in [0.25, 0.3) is 6.08 Å². The fourth-order valence-corrected chi connectivity index (χ4v) is 1.63. The maximum Gasteiger partial charge on any atom is 0.269 e. The molecule has 1 N–H and O–H groups in total. The van der Waals surface area contributed by atoms with Gasteiger partial charge in [0.1, 0.15) is 0 Å². The minimum atomic E-state index is -0.475. The lowest BCUT2D eigenvalue weighted by atomic mass is 10.2. The summed E-state index contributed by atoms with van der Waals surface area (Å²) in [5.41, 5.74) is 3.92. The fourth-order valence-electron chi connectivity index (χ4n) is 1.63. The van der Waals surface area contributed by atoms with E-state index in [4.69, 9.17) is 0 Å². The van der Waals surface area contributed by atoms with E-state index in [-0.39, 0.29) is 11.6 Å². The van der Waals surface area contributed by atoms with Crippen molar-refractivity contribution in [1.29, 1.82) is 0 Å². The predicted octanol–water partition coefficient (Wildman–Crippen LogP) is 2.76. The van der Waals surface area contributed by atoms with E-state index in [1.807, 2.05) is 30.3 Å². The number of non-ortho nitro benzene ring substituents is 1. The second-order valence-electron chi connectivity index (χ2n) is 4.33. The van der Waals surface area contributed by atoms with Crippen molar-refractivity contribution in [3.63, 3.8) is 0 Å². The molecular formula is C16H13N3O3. The van der Waals surface area contributed by atoms with Gasteiger partial charge in [0.2, 0.25) is 0 Å². The van der Waals surface area contributed by atoms with Gasteiger partial charge in [-0.1, -0.05) is 30.3 Å². The third-order valence-corrected chi connectivity index (χ3v) is 2.72. The molecule has 6 nitrogen and oxygen atoms in total. The third-order valence-electron chi connectivity index (χ3n) is 2.72. The minimum Gasteiger partial charge on any atom is -0.268 e. The summed E-state index contributed by atoms with van der Waals surface area (Å²) in [6.45, 7) is 0. The van der Waals surface area contributed by atoms with Gasteiger partial charge < -0.3 is 0 Å². The summed E-state index contributed by atoms with van der Waals surface area (Å²) in [5.74, 6) is -0.359. The zero-order valence-corrected chi connectivity index (χ0v) is 11.5. The standard InChI is InChI=1S/C16H13N3O3/c20-16(11-8-13-4-2-1-3-5-13)18-17-12-14-6-9-15(10-7-14)19(21)22/h1-12H,(H,18,20)/b11-8+,17-12+. The molecule has 1 amide bonds. The maximum absolute atomic E-state index is 11.5. The molecule has 2 aromatic rings. The number of nitro benzene ring substituents is 1. The van der Waals surface area contributed by atoms with Gasteiger partial charge in [-0.25, -0.2) is 5.43 Å². The third kappa shape index (κ3) is 4.68. The molecule has 0 aliphatic heterocycles. The first-order valence-electron chi connectivity index (χ1n) is 6.46. The van der Waals surface area contributed by atoms with E-state index < -0.39 is 4.92 Å². The largest absolute Gasteiger partial charge is 0.269 e. The van der Waals surface area contributed by atoms with Crippen molar-refractivity contribution in [2.45, 2.75) is 0 Å². The van der Waals surface area contributed by atoms with Gasteiger partial charge in [0.25, 0.3) is 11.6 Å². The highest BCUT2D eigenvalue weighted by Crippen LogP contribution is 2.10. The molecule has 2 rings (SSSR count). The van der Waals surface area contributed by atoms with Gasteiger partial charge in [-0.15, -0.1) is 0 Å². The number of benzene rings is 2. The number of carbonyl (C=O) groups excluding carboxylic acids is 1. The van der Waals surface area contributed by atoms with Crippen LogP contribution in [0.3, 0.4) is 0 Å². The first-order valence-corrected chi connectivity index (χ1v) is 6.46. The highest BCUT2D eigenvalue weighted by atomic mass is 16.6. The van der Waals surface area contributed by atoms with E-state index in [9.17, 15) is 14.9 Å². The number of hydrogen-bond acceptors (Lipinski definition) is 4. The highest BCUT2D eigenvalue weighted by molar-refractivity contribution is 5.92. The molecule has 0 bridgehead atoms. The minimum absolute atomic E-state index is 0.00646. The van der Waals surface area contributed by atoms with Crippen molar-refractivity contribution in [3.8, 4) is 0 Å². The molecule has 0 unspecified atom stereocenters. The lowest BCUT2D eigenvalue weighted by molar-refractivity contribution is -0.384. The molecule has 0 heterocycles. The van der Waals surface area contributed by atoms with Crippen molar-refractivity contribution >= 4 is 23.9 Å². The second-order valence-corrected chi connectivity index (χ2v) is 4.33. The zero-order chi connectivity index (χ0) is 15.8. The van der Waals surface area contributed by atoms with E-state index in [0.29, 0.717) is 5.56 Å². The smallest absolute Gasteiger partial charge is 0.268 e. The van der Waals surface area contributed by atoms with Crippen LogP contribution in [0.2, 0.25) is 0 Å². The van der Waals surface area contributed by atoms with Gasteiger partial charge in [-0.3, -0.25) is 14.9 Å². The summed E-state index contributed by atoms with van der Waals surface area (Å²) < 4.78 is 0. The Bertz CT molecular complexity index is 707. The van der Waals surface area contributed by atoms with Crippen LogP contribution in [-0.4, -0.2) is 17.0 Å². The molecule has 0 radical (unpaired) electrons. The zero-order valence-electron chi connectivity index (χ0n) is 11.5. The van der Waals surface area contributed by atoms with Crippen LogP contribution in [0.4, 0.5) is 5.69 Å². The Hall–Kier alpha value is -3.28. The molecule has 0 fully saturated rings. The Morgan fingerprint density at radius 2 is 1.73 bits per heavy atom. The average molecular weight is 295 g/mol. The lowest BCUT2D eigenvalue weighted by Crippen LogP contribution is -2.14. The van der Waals surface area contributed by atoms with Gasteiger partial charge in [-0.2, -0.15) is 5.10 Å². The average Bonchev–Trinajstić information content (AvgIpc) is 2.54. The van der Waals surface area contributed by atoms with Gasteiger partial charge in [-0.05, 0) is 29.3 Å². The normalized spacial score (nSPS) is 10.9. The molecule has 0 saturated heterocycles. The van der Waals surface area contributed by atoms with Crippen molar-refractivity contribution in [3.05, 3.63) is 81.9 Å². The Morgan fingerprint density at radius 3 is 2.36 bits per heavy atom. The Morgan fingerprint density at radius 1 is 1.05 bits per heavy atom. The molecule has 22 heavy (non-hydrogen) atoms. The number of nitrogens with zero attached hydrogens (tertiary/aromatic N) is 2. The van der Waals surface area contributed by atoms with E-state index in [1.165, 1.54) is 24.4 Å². The first kappa shape index (κ1) is 15.1. The molecule has 0 saturated carbocycles. The van der Waals surface area contributed by atoms with Crippen LogP contribution in [0.15, 0.2) is 65.8 Å². The number of rotatable bonds is 5. The van der Waals surface area contributed by atoms with Gasteiger partial charge in [0, 0.05) is 18.2 Å². The molecule has 0 spiro atoms. The summed E-state index contributed by atoms with van der Waals surface area (Å²) in [5, 5.41) is 14.3. The summed E-state index contributed by atoms with van der Waals surface area (Å²) in [6, 6.07) is 15.3. The van der Waals surface area contributed by atoms with Crippen LogP contribution in [-0.2, 0) is 4.79 Å². The highest BCUT2D eigenvalue weighted by Gasteiger charge is 2.02. The van der Waals surface area contributed by atoms with E-state index in [2.05, 4.69) is 10.5 Å². The quantitative estimate of drug-likeness (QED) is 0.398. The SMILES string of the molecule is O=C(/C=C/c1ccccc1)N/N=C/c1ccc([N+](=O)[O-])cc1. The molecular weight excluding hydrogens is 282 g/mol. The molecule has 0 aliphatic carbocycles. The van der Waals surface area contributed by atoms with Gasteiger partial charge in [0.05, 0.1) is 11.1 Å². The summed E-state index contributed by atoms with van der Waals surface area (Å²) in [4.78, 5) is 21.6. The van der Waals surface area contributed by atoms with Crippen LogP contribution in [0, 0.1) is 10.1 Å². The number of nitrogens with one attached hydrogen (secondary N) is 1. The number of amides is 1. The fraction of sp³-hybridized carbons (Fsp3) is 0. The Balaban J connectivity index is 1.87. The predicted molar refractivity (Wildman–Crippen MR) is 84.3 cm³/mol. The Labute approximate surface area is 126 Å². The van der Waals surface area contributed by atoms with Crippen molar-refractivity contribution < 1.29 is 9.72 Å². The molecule has 0 aromatic heterocycles. The van der Waals surface area contributed by atoms with Crippen LogP contribution >= 0.6 is 0 Å². The second kappa shape index (κ2) is 7.49. The summed E-state index contributed by atoms with van der Waals surface area (Å²) in [6.07, 6.45) is 4.47. The van der Waals surface area contributed by atoms with Crippen molar-refractivity contribution in [2.24, 2.45) is 5.10 Å². The number of hydrogen-bond donors (Lipinski definition) is 1. The summed E-state index contributed by atoms with van der Waals surface area (Å²) >= 11 is 0. The number of hydrazone groups is 1. The van der Waals surface area contributed by atoms with Crippen LogP contribution < -0.4 is 5.43 Å². The molecule has 0 atom stereocenters. The maximum atomic E-state index is 11.5. The van der Waals surface area contributed by atoms with E-state index in [1.54, 1.807) is 18.2 Å². The van der Waals surface area contributed by atoms with Crippen molar-refractivity contribution in [1.82, 2.24) is 5.43 Å². The summed E-state index contributed by atoms with van der Waals surface area (Å²) in [7, 11) is 0.